The third-order valence-corrected chi connectivity index (χ3v) is 17.7. The summed E-state index contributed by atoms with van der Waals surface area (Å²) in [7, 11) is 0. The third-order valence-electron chi connectivity index (χ3n) is 12.8. The van der Waals surface area contributed by atoms with E-state index in [1.807, 2.05) is 55.4 Å². The van der Waals surface area contributed by atoms with Crippen LogP contribution >= 0.6 is 68.0 Å². The Balaban J connectivity index is 0.000000167. The zero-order chi connectivity index (χ0) is 71.9. The van der Waals surface area contributed by atoms with Crippen LogP contribution in [0.1, 0.15) is 108 Å². The van der Waals surface area contributed by atoms with Crippen molar-refractivity contribution in [1.82, 2.24) is 29.9 Å². The van der Waals surface area contributed by atoms with Crippen molar-refractivity contribution in [3.63, 3.8) is 0 Å². The number of nitrogens with one attached hydrogen (secondary N) is 6. The van der Waals surface area contributed by atoms with Crippen LogP contribution in [0.5, 0.6) is 34.5 Å². The molecule has 510 valence electrons. The zero-order valence-corrected chi connectivity index (χ0v) is 59.3. The van der Waals surface area contributed by atoms with Crippen molar-refractivity contribution in [2.75, 3.05) is 31.9 Å². The lowest BCUT2D eigenvalue weighted by molar-refractivity contribution is 0.101. The first-order valence-corrected chi connectivity index (χ1v) is 34.2. The van der Waals surface area contributed by atoms with Crippen molar-refractivity contribution in [2.24, 2.45) is 0 Å². The van der Waals surface area contributed by atoms with Crippen LogP contribution in [0.15, 0.2) is 165 Å². The van der Waals surface area contributed by atoms with Gasteiger partial charge in [0.05, 0.1) is 33.4 Å². The Hall–Kier alpha value is -11.3. The number of carbonyl (C=O) groups is 6. The predicted molar refractivity (Wildman–Crippen MR) is 392 cm³/mol. The second kappa shape index (κ2) is 36.2. The number of nitrogens with zero attached hydrogens (tertiary/aromatic N) is 6. The van der Waals surface area contributed by atoms with Gasteiger partial charge in [-0.1, -0.05) is 66.2 Å². The summed E-state index contributed by atoms with van der Waals surface area (Å²) in [6.45, 7) is 16.9. The summed E-state index contributed by atoms with van der Waals surface area (Å²) in [5.74, 6) is -2.24. The number of hydrogen-bond acceptors (Lipinski definition) is 24. The largest absolute Gasteiger partial charge is 0.507 e. The molecule has 12 rings (SSSR count). The standard InChI is InChI=1S/3C12H12N2O2S.3C11H10N2O2S/c1-7-3-4-10(15)9(5-7)11(16)14-12-13-6-8(2)17-12;1-7-3-4-9(10(15)5-7)11(16)14-12-13-6-8(2)17-12;1-7-4-3-5-9(10(7)15)11(16)14-12-13-6-8(2)17-12;3*1-7-6-12-11(16-7)13-10(15)8-4-2-3-5-9(8)14/h3*3-6,15H,1-2H3,(H,13,14,16);3*2-6,14H,1H3,(H,12,13,15). The topological polar surface area (TPSA) is 373 Å². The fourth-order valence-electron chi connectivity index (χ4n) is 7.97. The molecule has 0 spiro atoms. The highest BCUT2D eigenvalue weighted by atomic mass is 32.1. The molecule has 24 nitrogen and oxygen atoms in total. The zero-order valence-electron chi connectivity index (χ0n) is 54.4. The summed E-state index contributed by atoms with van der Waals surface area (Å²) in [4.78, 5) is 101. The molecule has 6 amide bonds. The number of rotatable bonds is 12. The number of anilines is 6. The van der Waals surface area contributed by atoms with Gasteiger partial charge in [-0.25, -0.2) is 29.9 Å². The summed E-state index contributed by atoms with van der Waals surface area (Å²) in [5.41, 5.74) is 4.01. The molecule has 12 aromatic rings. The number of carbonyl (C=O) groups excluding carboxylic acids is 6. The van der Waals surface area contributed by atoms with Gasteiger partial charge >= 0.3 is 0 Å². The van der Waals surface area contributed by atoms with E-state index < -0.39 is 0 Å². The summed E-state index contributed by atoms with van der Waals surface area (Å²) in [6.07, 6.45) is 10.1. The highest BCUT2D eigenvalue weighted by Crippen LogP contribution is 2.28. The molecule has 6 heterocycles. The number of aromatic hydroxyl groups is 6. The molecule has 0 saturated carbocycles. The summed E-state index contributed by atoms with van der Waals surface area (Å²) in [5, 5.41) is 76.6. The number of aryl methyl sites for hydroxylation is 9. The number of para-hydroxylation sites is 4. The van der Waals surface area contributed by atoms with Gasteiger partial charge in [-0.15, -0.1) is 68.0 Å². The molecule has 0 aliphatic heterocycles. The number of aromatic nitrogens is 6. The van der Waals surface area contributed by atoms with Crippen molar-refractivity contribution < 1.29 is 59.4 Å². The minimum absolute atomic E-state index is 0.0123. The number of benzene rings is 6. The molecule has 99 heavy (non-hydrogen) atoms. The van der Waals surface area contributed by atoms with E-state index >= 15 is 0 Å². The normalized spacial score (nSPS) is 10.2. The summed E-state index contributed by atoms with van der Waals surface area (Å²) < 4.78 is 0. The Labute approximate surface area is 592 Å². The Morgan fingerprint density at radius 3 is 0.818 bits per heavy atom. The van der Waals surface area contributed by atoms with Gasteiger partial charge < -0.3 is 30.6 Å². The van der Waals surface area contributed by atoms with E-state index in [1.54, 1.807) is 147 Å². The maximum absolute atomic E-state index is 11.9. The van der Waals surface area contributed by atoms with E-state index in [9.17, 15) is 59.4 Å². The van der Waals surface area contributed by atoms with E-state index in [0.717, 1.165) is 40.4 Å². The Morgan fingerprint density at radius 2 is 0.525 bits per heavy atom. The second-order valence-electron chi connectivity index (χ2n) is 20.9. The number of phenolic OH excluding ortho intramolecular Hbond substituents is 6. The van der Waals surface area contributed by atoms with Crippen molar-refractivity contribution in [3.05, 3.63) is 244 Å². The van der Waals surface area contributed by atoms with Crippen LogP contribution in [0, 0.1) is 62.3 Å². The third kappa shape index (κ3) is 23.2. The van der Waals surface area contributed by atoms with Crippen LogP contribution in [0.2, 0.25) is 0 Å². The molecule has 6 aromatic heterocycles. The molecule has 0 unspecified atom stereocenters. The minimum atomic E-state index is -0.354. The van der Waals surface area contributed by atoms with Crippen LogP contribution < -0.4 is 31.9 Å². The molecule has 0 radical (unpaired) electrons. The van der Waals surface area contributed by atoms with Gasteiger partial charge in [-0.05, 0) is 140 Å². The van der Waals surface area contributed by atoms with E-state index in [2.05, 4.69) is 61.8 Å². The van der Waals surface area contributed by atoms with E-state index in [4.69, 9.17) is 0 Å². The van der Waals surface area contributed by atoms with Crippen LogP contribution in [-0.2, 0) is 0 Å². The van der Waals surface area contributed by atoms with Gasteiger partial charge in [0.2, 0.25) is 0 Å². The Bertz CT molecular complexity index is 4510. The van der Waals surface area contributed by atoms with Gasteiger partial charge in [0.15, 0.2) is 30.8 Å². The number of thiazole rings is 6. The SMILES string of the molecule is Cc1ccc(C(=O)Nc2ncc(C)s2)c(O)c1.Cc1ccc(O)c(C(=O)Nc2ncc(C)s2)c1.Cc1cnc(NC(=O)c2cccc(C)c2O)s1.Cc1cnc(NC(=O)c2ccccc2O)s1.Cc1cnc(NC(=O)c2ccccc2O)s1.Cc1cnc(NC(=O)c2ccccc2O)s1. The number of hydrogen-bond donors (Lipinski definition) is 12. The molecule has 6 aromatic carbocycles. The average molecular weight is 1450 g/mol. The molecule has 0 atom stereocenters. The molecule has 0 saturated heterocycles. The van der Waals surface area contributed by atoms with Gasteiger partial charge in [-0.3, -0.25) is 60.7 Å². The van der Waals surface area contributed by atoms with Crippen LogP contribution in [0.4, 0.5) is 30.8 Å². The summed E-state index contributed by atoms with van der Waals surface area (Å²) >= 11 is 8.36. The van der Waals surface area contributed by atoms with Crippen molar-refractivity contribution in [1.29, 1.82) is 0 Å². The summed E-state index contributed by atoms with van der Waals surface area (Å²) in [6, 6.07) is 34.1. The second-order valence-corrected chi connectivity index (χ2v) is 28.4. The van der Waals surface area contributed by atoms with Gasteiger partial charge in [-0.2, -0.15) is 0 Å². The highest BCUT2D eigenvalue weighted by Gasteiger charge is 2.18. The van der Waals surface area contributed by atoms with Gasteiger partial charge in [0.25, 0.3) is 35.4 Å². The number of amides is 6. The van der Waals surface area contributed by atoms with Crippen molar-refractivity contribution in [2.45, 2.75) is 62.3 Å². The molecule has 0 aliphatic carbocycles. The molecular formula is C69H66N12O12S6. The van der Waals surface area contributed by atoms with E-state index in [0.29, 0.717) is 36.4 Å². The van der Waals surface area contributed by atoms with Crippen LogP contribution in [0.3, 0.4) is 0 Å². The number of phenols is 6. The lowest BCUT2D eigenvalue weighted by atomic mass is 10.1. The van der Waals surface area contributed by atoms with Gasteiger partial charge in [0, 0.05) is 66.4 Å². The van der Waals surface area contributed by atoms with Crippen LogP contribution in [-0.4, -0.2) is 96.0 Å². The maximum atomic E-state index is 11.9. The van der Waals surface area contributed by atoms with E-state index in [1.165, 1.54) is 92.3 Å². The van der Waals surface area contributed by atoms with Crippen molar-refractivity contribution in [3.8, 4) is 34.5 Å². The lowest BCUT2D eigenvalue weighted by Crippen LogP contribution is -2.12. The van der Waals surface area contributed by atoms with E-state index in [-0.39, 0.29) is 103 Å². The minimum Gasteiger partial charge on any atom is -0.507 e. The maximum Gasteiger partial charge on any atom is 0.261 e. The highest BCUT2D eigenvalue weighted by molar-refractivity contribution is 7.17. The first-order valence-electron chi connectivity index (χ1n) is 29.3. The average Bonchev–Trinajstić information content (AvgIpc) is 1.92. The fourth-order valence-corrected chi connectivity index (χ4v) is 11.9. The quantitative estimate of drug-likeness (QED) is 0.0540. The van der Waals surface area contributed by atoms with Gasteiger partial charge in [0.1, 0.15) is 34.5 Å². The fraction of sp³-hybridized carbons (Fsp3) is 0.130. The first kappa shape index (κ1) is 75.1. The smallest absolute Gasteiger partial charge is 0.261 e. The molecule has 0 bridgehead atoms. The molecule has 0 aliphatic rings. The lowest BCUT2D eigenvalue weighted by Gasteiger charge is -2.06. The molecule has 12 N–H and O–H groups in total. The molecule has 0 fully saturated rings. The molecular weight excluding hydrogens is 1380 g/mol. The molecule has 30 heteroatoms. The monoisotopic (exact) mass is 1450 g/mol. The Kier molecular flexibility index (Phi) is 27.4. The first-order chi connectivity index (χ1) is 47.2. The van der Waals surface area contributed by atoms with Crippen LogP contribution in [0.25, 0.3) is 0 Å². The Morgan fingerprint density at radius 1 is 0.273 bits per heavy atom. The van der Waals surface area contributed by atoms with Crippen molar-refractivity contribution >= 4 is 134 Å². The predicted octanol–water partition coefficient (Wildman–Crippen LogP) is 15.4.